The number of hydrogen-bond acceptors (Lipinski definition) is 4. The Labute approximate surface area is 154 Å². The van der Waals surface area contributed by atoms with Crippen LogP contribution in [0.1, 0.15) is 26.3 Å². The van der Waals surface area contributed by atoms with Crippen molar-refractivity contribution in [3.8, 4) is 5.75 Å². The summed E-state index contributed by atoms with van der Waals surface area (Å²) in [4.78, 5) is 30.4. The van der Waals surface area contributed by atoms with E-state index in [2.05, 4.69) is 0 Å². The van der Waals surface area contributed by atoms with Gasteiger partial charge in [0, 0.05) is 32.7 Å². The van der Waals surface area contributed by atoms with Crippen molar-refractivity contribution in [3.63, 3.8) is 0 Å². The summed E-state index contributed by atoms with van der Waals surface area (Å²) >= 11 is 0. The van der Waals surface area contributed by atoms with E-state index in [1.54, 1.807) is 12.0 Å². The molecule has 3 rings (SSSR count). The second-order valence-corrected chi connectivity index (χ2v) is 7.78. The van der Waals surface area contributed by atoms with Gasteiger partial charge in [0.25, 0.3) is 0 Å². The number of ether oxygens (including phenoxy) is 2. The molecule has 0 aliphatic carbocycles. The minimum Gasteiger partial charge on any atom is -0.497 e. The number of fused-ring (bicyclic) bond motifs is 1. The average molecular weight is 361 g/mol. The SMILES string of the molecule is COc1ccc(CN2CC3CN(C(=O)OC(C)(C)C)CCN3C2=O)cc1. The van der Waals surface area contributed by atoms with Gasteiger partial charge in [-0.15, -0.1) is 0 Å². The Morgan fingerprint density at radius 2 is 1.85 bits per heavy atom. The molecule has 0 N–H and O–H groups in total. The summed E-state index contributed by atoms with van der Waals surface area (Å²) in [5.41, 5.74) is 0.545. The average Bonchev–Trinajstić information content (AvgIpc) is 2.89. The monoisotopic (exact) mass is 361 g/mol. The van der Waals surface area contributed by atoms with Gasteiger partial charge < -0.3 is 24.2 Å². The van der Waals surface area contributed by atoms with Crippen LogP contribution >= 0.6 is 0 Å². The Bertz CT molecular complexity index is 668. The van der Waals surface area contributed by atoms with Gasteiger partial charge in [0.2, 0.25) is 0 Å². The van der Waals surface area contributed by atoms with Gasteiger partial charge in [-0.05, 0) is 38.5 Å². The summed E-state index contributed by atoms with van der Waals surface area (Å²) in [7, 11) is 1.63. The molecule has 0 aromatic heterocycles. The number of hydrogen-bond donors (Lipinski definition) is 0. The molecule has 1 aromatic carbocycles. The van der Waals surface area contributed by atoms with Gasteiger partial charge in [0.1, 0.15) is 11.4 Å². The molecule has 7 nitrogen and oxygen atoms in total. The highest BCUT2D eigenvalue weighted by Gasteiger charge is 2.42. The lowest BCUT2D eigenvalue weighted by molar-refractivity contribution is 0.0127. The molecule has 0 spiro atoms. The van der Waals surface area contributed by atoms with Crippen LogP contribution in [0.5, 0.6) is 5.75 Å². The molecule has 2 aliphatic rings. The highest BCUT2D eigenvalue weighted by Crippen LogP contribution is 2.24. The Hall–Kier alpha value is -2.44. The normalized spacial score (nSPS) is 20.2. The molecule has 7 heteroatoms. The second-order valence-electron chi connectivity index (χ2n) is 7.78. The molecular weight excluding hydrogens is 334 g/mol. The van der Waals surface area contributed by atoms with E-state index in [0.717, 1.165) is 11.3 Å². The van der Waals surface area contributed by atoms with Gasteiger partial charge in [0.15, 0.2) is 0 Å². The quantitative estimate of drug-likeness (QED) is 0.830. The Morgan fingerprint density at radius 1 is 1.15 bits per heavy atom. The van der Waals surface area contributed by atoms with Gasteiger partial charge >= 0.3 is 12.1 Å². The zero-order valence-corrected chi connectivity index (χ0v) is 15.9. The summed E-state index contributed by atoms with van der Waals surface area (Å²) in [5.74, 6) is 0.798. The molecule has 2 saturated heterocycles. The first-order valence-electron chi connectivity index (χ1n) is 8.93. The van der Waals surface area contributed by atoms with E-state index in [-0.39, 0.29) is 18.2 Å². The maximum Gasteiger partial charge on any atom is 0.410 e. The number of nitrogens with zero attached hydrogens (tertiary/aromatic N) is 3. The zero-order valence-electron chi connectivity index (χ0n) is 15.9. The molecule has 2 aliphatic heterocycles. The molecule has 26 heavy (non-hydrogen) atoms. The van der Waals surface area contributed by atoms with Crippen LogP contribution in [-0.2, 0) is 11.3 Å². The van der Waals surface area contributed by atoms with E-state index in [1.807, 2.05) is 54.8 Å². The number of carbonyl (C=O) groups excluding carboxylic acids is 2. The first kappa shape index (κ1) is 18.4. The van der Waals surface area contributed by atoms with E-state index in [1.165, 1.54) is 0 Å². The van der Waals surface area contributed by atoms with Crippen molar-refractivity contribution in [3.05, 3.63) is 29.8 Å². The van der Waals surface area contributed by atoms with E-state index in [0.29, 0.717) is 32.7 Å². The van der Waals surface area contributed by atoms with Crippen LogP contribution in [0.2, 0.25) is 0 Å². The first-order chi connectivity index (χ1) is 12.3. The van der Waals surface area contributed by atoms with Gasteiger partial charge in [0.05, 0.1) is 13.2 Å². The van der Waals surface area contributed by atoms with Crippen molar-refractivity contribution < 1.29 is 19.1 Å². The highest BCUT2D eigenvalue weighted by atomic mass is 16.6. The van der Waals surface area contributed by atoms with E-state index >= 15 is 0 Å². The number of methoxy groups -OCH3 is 1. The van der Waals surface area contributed by atoms with Crippen LogP contribution in [0.15, 0.2) is 24.3 Å². The van der Waals surface area contributed by atoms with Crippen molar-refractivity contribution in [1.29, 1.82) is 0 Å². The summed E-state index contributed by atoms with van der Waals surface area (Å²) in [6.07, 6.45) is -0.307. The van der Waals surface area contributed by atoms with Gasteiger partial charge in [-0.25, -0.2) is 9.59 Å². The van der Waals surface area contributed by atoms with Crippen molar-refractivity contribution in [1.82, 2.24) is 14.7 Å². The minimum absolute atomic E-state index is 0.0158. The molecule has 3 amide bonds. The van der Waals surface area contributed by atoms with Crippen LogP contribution in [0, 0.1) is 0 Å². The predicted molar refractivity (Wildman–Crippen MR) is 97.1 cm³/mol. The lowest BCUT2D eigenvalue weighted by atomic mass is 10.2. The first-order valence-corrected chi connectivity index (χ1v) is 8.93. The van der Waals surface area contributed by atoms with Crippen LogP contribution in [0.4, 0.5) is 9.59 Å². The smallest absolute Gasteiger partial charge is 0.410 e. The third-order valence-corrected chi connectivity index (χ3v) is 4.61. The molecule has 1 unspecified atom stereocenters. The van der Waals surface area contributed by atoms with E-state index in [4.69, 9.17) is 9.47 Å². The zero-order chi connectivity index (χ0) is 18.9. The molecule has 2 fully saturated rings. The van der Waals surface area contributed by atoms with Crippen LogP contribution < -0.4 is 4.74 Å². The highest BCUT2D eigenvalue weighted by molar-refractivity contribution is 5.78. The largest absolute Gasteiger partial charge is 0.497 e. The fourth-order valence-corrected chi connectivity index (χ4v) is 3.35. The number of piperazine rings is 1. The second kappa shape index (κ2) is 7.05. The fraction of sp³-hybridized carbons (Fsp3) is 0.579. The van der Waals surface area contributed by atoms with Gasteiger partial charge in [-0.1, -0.05) is 12.1 Å². The fourth-order valence-electron chi connectivity index (χ4n) is 3.35. The van der Waals surface area contributed by atoms with Crippen LogP contribution in [0.25, 0.3) is 0 Å². The summed E-state index contributed by atoms with van der Waals surface area (Å²) in [6, 6.07) is 7.78. The summed E-state index contributed by atoms with van der Waals surface area (Å²) in [6.45, 7) is 8.31. The third kappa shape index (κ3) is 4.03. The summed E-state index contributed by atoms with van der Waals surface area (Å²) in [5, 5.41) is 0. The Kier molecular flexibility index (Phi) is 4.98. The number of amides is 3. The molecule has 142 valence electrons. The predicted octanol–water partition coefficient (Wildman–Crippen LogP) is 2.55. The van der Waals surface area contributed by atoms with Crippen molar-refractivity contribution in [2.75, 3.05) is 33.3 Å². The van der Waals surface area contributed by atoms with Gasteiger partial charge in [-0.3, -0.25) is 0 Å². The third-order valence-electron chi connectivity index (χ3n) is 4.61. The van der Waals surface area contributed by atoms with Crippen molar-refractivity contribution in [2.24, 2.45) is 0 Å². The molecule has 2 heterocycles. The lowest BCUT2D eigenvalue weighted by Gasteiger charge is -2.37. The van der Waals surface area contributed by atoms with Crippen molar-refractivity contribution >= 4 is 12.1 Å². The van der Waals surface area contributed by atoms with E-state index in [9.17, 15) is 9.59 Å². The summed E-state index contributed by atoms with van der Waals surface area (Å²) < 4.78 is 10.6. The molecule has 0 bridgehead atoms. The molecule has 0 radical (unpaired) electrons. The number of benzene rings is 1. The van der Waals surface area contributed by atoms with Crippen LogP contribution in [-0.4, -0.2) is 71.8 Å². The van der Waals surface area contributed by atoms with Crippen LogP contribution in [0.3, 0.4) is 0 Å². The topological polar surface area (TPSA) is 62.3 Å². The molecule has 1 aromatic rings. The Morgan fingerprint density at radius 3 is 2.46 bits per heavy atom. The van der Waals surface area contributed by atoms with Crippen molar-refractivity contribution in [2.45, 2.75) is 39.0 Å². The molecular formula is C19H27N3O4. The van der Waals surface area contributed by atoms with Gasteiger partial charge in [-0.2, -0.15) is 0 Å². The standard InChI is InChI=1S/C19H27N3O4/c1-19(2,3)26-18(24)20-9-10-22-15(12-20)13-21(17(22)23)11-14-5-7-16(25-4)8-6-14/h5-8,15H,9-13H2,1-4H3. The number of carbonyl (C=O) groups is 2. The minimum atomic E-state index is -0.514. The molecule has 0 saturated carbocycles. The number of rotatable bonds is 3. The maximum absolute atomic E-state index is 12.7. The molecule has 1 atom stereocenters. The van der Waals surface area contributed by atoms with E-state index < -0.39 is 5.60 Å². The number of urea groups is 1. The Balaban J connectivity index is 1.61. The maximum atomic E-state index is 12.7. The lowest BCUT2D eigenvalue weighted by Crippen LogP contribution is -2.54.